The molecular weight excluding hydrogens is 178 g/mol. The van der Waals surface area contributed by atoms with E-state index in [1.54, 1.807) is 0 Å². The molecule has 0 spiro atoms. The number of nitrogens with zero attached hydrogens (tertiary/aromatic N) is 2. The number of rotatable bonds is 5. The molecule has 4 heteroatoms. The summed E-state index contributed by atoms with van der Waals surface area (Å²) in [6.07, 6.45) is 0.474. The van der Waals surface area contributed by atoms with E-state index in [2.05, 4.69) is 16.7 Å². The Bertz CT molecular complexity index is 146. The Kier molecular flexibility index (Phi) is 5.40. The number of aliphatic hydroxyl groups is 1. The highest BCUT2D eigenvalue weighted by Gasteiger charge is 2.17. The molecule has 1 aliphatic heterocycles. The van der Waals surface area contributed by atoms with Crippen molar-refractivity contribution in [2.45, 2.75) is 19.4 Å². The number of hydrogen-bond acceptors (Lipinski definition) is 4. The van der Waals surface area contributed by atoms with E-state index in [1.165, 1.54) is 0 Å². The maximum Gasteiger partial charge on any atom is 0.0679 e. The van der Waals surface area contributed by atoms with Gasteiger partial charge in [0.05, 0.1) is 6.10 Å². The van der Waals surface area contributed by atoms with Crippen LogP contribution in [0.1, 0.15) is 13.3 Å². The standard InChI is InChI=1S/C10H23N3O/c1-2-12-5-7-13(8-6-12)9-10(14)3-4-11/h10,14H,2-9,11H2,1H3. The van der Waals surface area contributed by atoms with Gasteiger partial charge >= 0.3 is 0 Å². The Morgan fingerprint density at radius 3 is 2.29 bits per heavy atom. The predicted octanol–water partition coefficient (Wildman–Crippen LogP) is -0.666. The summed E-state index contributed by atoms with van der Waals surface area (Å²) in [5.74, 6) is 0. The second kappa shape index (κ2) is 6.35. The molecule has 1 unspecified atom stereocenters. The van der Waals surface area contributed by atoms with Crippen LogP contribution in [0.3, 0.4) is 0 Å². The molecule has 0 aromatic carbocycles. The molecule has 0 aliphatic carbocycles. The Labute approximate surface area is 86.7 Å². The Morgan fingerprint density at radius 1 is 1.21 bits per heavy atom. The SMILES string of the molecule is CCN1CCN(CC(O)CCN)CC1. The van der Waals surface area contributed by atoms with Crippen LogP contribution in [-0.2, 0) is 0 Å². The number of aliphatic hydroxyl groups excluding tert-OH is 1. The summed E-state index contributed by atoms with van der Waals surface area (Å²) >= 11 is 0. The molecule has 1 heterocycles. The normalized spacial score (nSPS) is 22.5. The number of hydrogen-bond donors (Lipinski definition) is 2. The van der Waals surface area contributed by atoms with Gasteiger partial charge < -0.3 is 15.7 Å². The van der Waals surface area contributed by atoms with Gasteiger partial charge in [0.15, 0.2) is 0 Å². The van der Waals surface area contributed by atoms with Crippen LogP contribution in [0.15, 0.2) is 0 Å². The zero-order chi connectivity index (χ0) is 10.4. The number of likely N-dealkylation sites (N-methyl/N-ethyl adjacent to an activating group) is 1. The average molecular weight is 201 g/mol. The molecule has 84 valence electrons. The molecule has 0 amide bonds. The van der Waals surface area contributed by atoms with Gasteiger partial charge in [-0.3, -0.25) is 4.90 Å². The topological polar surface area (TPSA) is 52.7 Å². The van der Waals surface area contributed by atoms with Crippen LogP contribution in [0.5, 0.6) is 0 Å². The van der Waals surface area contributed by atoms with E-state index in [-0.39, 0.29) is 6.10 Å². The molecule has 14 heavy (non-hydrogen) atoms. The van der Waals surface area contributed by atoms with Gasteiger partial charge in [-0.05, 0) is 19.5 Å². The molecule has 0 radical (unpaired) electrons. The van der Waals surface area contributed by atoms with Crippen molar-refractivity contribution >= 4 is 0 Å². The van der Waals surface area contributed by atoms with Crippen LogP contribution in [0.2, 0.25) is 0 Å². The van der Waals surface area contributed by atoms with E-state index in [4.69, 9.17) is 5.73 Å². The lowest BCUT2D eigenvalue weighted by atomic mass is 10.2. The van der Waals surface area contributed by atoms with E-state index in [0.717, 1.165) is 39.3 Å². The van der Waals surface area contributed by atoms with Gasteiger partial charge in [-0.15, -0.1) is 0 Å². The van der Waals surface area contributed by atoms with E-state index < -0.39 is 0 Å². The fraction of sp³-hybridized carbons (Fsp3) is 1.00. The van der Waals surface area contributed by atoms with Crippen molar-refractivity contribution in [1.82, 2.24) is 9.80 Å². The first-order valence-electron chi connectivity index (χ1n) is 5.59. The molecular formula is C10H23N3O. The van der Waals surface area contributed by atoms with Crippen molar-refractivity contribution in [2.24, 2.45) is 5.73 Å². The van der Waals surface area contributed by atoms with Crippen molar-refractivity contribution < 1.29 is 5.11 Å². The van der Waals surface area contributed by atoms with Crippen molar-refractivity contribution in [3.63, 3.8) is 0 Å². The lowest BCUT2D eigenvalue weighted by Gasteiger charge is -2.34. The summed E-state index contributed by atoms with van der Waals surface area (Å²) in [6.45, 7) is 9.12. The molecule has 0 aromatic rings. The largest absolute Gasteiger partial charge is 0.392 e. The van der Waals surface area contributed by atoms with Crippen molar-refractivity contribution in [1.29, 1.82) is 0 Å². The van der Waals surface area contributed by atoms with Crippen LogP contribution < -0.4 is 5.73 Å². The highest BCUT2D eigenvalue weighted by atomic mass is 16.3. The minimum atomic E-state index is -0.242. The summed E-state index contributed by atoms with van der Waals surface area (Å²) in [5, 5.41) is 9.59. The van der Waals surface area contributed by atoms with Gasteiger partial charge in [0.25, 0.3) is 0 Å². The molecule has 1 aliphatic rings. The van der Waals surface area contributed by atoms with Crippen molar-refractivity contribution in [3.05, 3.63) is 0 Å². The fourth-order valence-corrected chi connectivity index (χ4v) is 1.87. The van der Waals surface area contributed by atoms with Crippen molar-refractivity contribution in [2.75, 3.05) is 45.8 Å². The number of nitrogens with two attached hydrogens (primary N) is 1. The lowest BCUT2D eigenvalue weighted by Crippen LogP contribution is -2.48. The van der Waals surface area contributed by atoms with E-state index in [0.29, 0.717) is 13.0 Å². The zero-order valence-corrected chi connectivity index (χ0v) is 9.15. The summed E-state index contributed by atoms with van der Waals surface area (Å²) in [7, 11) is 0. The summed E-state index contributed by atoms with van der Waals surface area (Å²) in [6, 6.07) is 0. The predicted molar refractivity (Wildman–Crippen MR) is 58.2 cm³/mol. The van der Waals surface area contributed by atoms with Gasteiger partial charge in [-0.2, -0.15) is 0 Å². The second-order valence-corrected chi connectivity index (χ2v) is 3.97. The summed E-state index contributed by atoms with van der Waals surface area (Å²) < 4.78 is 0. The molecule has 1 fully saturated rings. The first-order valence-corrected chi connectivity index (χ1v) is 5.59. The quantitative estimate of drug-likeness (QED) is 0.620. The monoisotopic (exact) mass is 201 g/mol. The number of β-amino-alcohol motifs (C(OH)–C–C–N with tert-alkyl or cyclic N) is 1. The lowest BCUT2D eigenvalue weighted by molar-refractivity contribution is 0.0716. The minimum absolute atomic E-state index is 0.242. The van der Waals surface area contributed by atoms with Crippen LogP contribution in [0, 0.1) is 0 Å². The van der Waals surface area contributed by atoms with E-state index >= 15 is 0 Å². The van der Waals surface area contributed by atoms with Gasteiger partial charge in [-0.25, -0.2) is 0 Å². The van der Waals surface area contributed by atoms with Crippen LogP contribution in [-0.4, -0.2) is 66.8 Å². The Morgan fingerprint density at radius 2 is 1.79 bits per heavy atom. The Hall–Kier alpha value is -0.160. The van der Waals surface area contributed by atoms with E-state index in [1.807, 2.05) is 0 Å². The second-order valence-electron chi connectivity index (χ2n) is 3.97. The highest BCUT2D eigenvalue weighted by Crippen LogP contribution is 2.03. The van der Waals surface area contributed by atoms with Crippen molar-refractivity contribution in [3.8, 4) is 0 Å². The molecule has 1 saturated heterocycles. The first kappa shape index (κ1) is 11.9. The maximum absolute atomic E-state index is 9.59. The zero-order valence-electron chi connectivity index (χ0n) is 9.15. The van der Waals surface area contributed by atoms with Gasteiger partial charge in [-0.1, -0.05) is 6.92 Å². The molecule has 1 rings (SSSR count). The molecule has 0 bridgehead atoms. The van der Waals surface area contributed by atoms with E-state index in [9.17, 15) is 5.11 Å². The van der Waals surface area contributed by atoms with Gasteiger partial charge in [0, 0.05) is 32.7 Å². The smallest absolute Gasteiger partial charge is 0.0679 e. The third kappa shape index (κ3) is 3.92. The fourth-order valence-electron chi connectivity index (χ4n) is 1.87. The van der Waals surface area contributed by atoms with Crippen LogP contribution in [0.25, 0.3) is 0 Å². The molecule has 0 aromatic heterocycles. The number of piperazine rings is 1. The molecule has 0 saturated carbocycles. The van der Waals surface area contributed by atoms with Crippen LogP contribution >= 0.6 is 0 Å². The summed E-state index contributed by atoms with van der Waals surface area (Å²) in [4.78, 5) is 4.76. The van der Waals surface area contributed by atoms with Gasteiger partial charge in [0.2, 0.25) is 0 Å². The third-order valence-corrected chi connectivity index (χ3v) is 2.88. The van der Waals surface area contributed by atoms with Crippen LogP contribution in [0.4, 0.5) is 0 Å². The average Bonchev–Trinajstić information content (AvgIpc) is 2.19. The highest BCUT2D eigenvalue weighted by molar-refractivity contribution is 4.73. The first-order chi connectivity index (χ1) is 6.76. The maximum atomic E-state index is 9.59. The molecule has 4 nitrogen and oxygen atoms in total. The molecule has 3 N–H and O–H groups in total. The Balaban J connectivity index is 2.15. The van der Waals surface area contributed by atoms with Gasteiger partial charge in [0.1, 0.15) is 0 Å². The molecule has 1 atom stereocenters. The third-order valence-electron chi connectivity index (χ3n) is 2.88. The summed E-state index contributed by atoms with van der Waals surface area (Å²) in [5.41, 5.74) is 5.39. The minimum Gasteiger partial charge on any atom is -0.392 e.